The molecule has 0 spiro atoms. The van der Waals surface area contributed by atoms with Gasteiger partial charge in [0.2, 0.25) is 17.7 Å². The van der Waals surface area contributed by atoms with Gasteiger partial charge in [-0.25, -0.2) is 14.6 Å². The number of nitrogens with one attached hydrogen (secondary N) is 2. The SMILES string of the molecule is Cn1nccc1-c1nc(O[C@@H]2C[C@H]3C(=O)N[C@]4(C(=O)O)C[C@H]4C=CCCCCC[C@H](NC(=O)OC4CCCC4)C(=O)N3C2)c2sccc2n1. The average molecular weight is 692 g/mol. The number of ether oxygens (including phenoxy) is 2. The molecule has 260 valence electrons. The van der Waals surface area contributed by atoms with E-state index < -0.39 is 47.6 Å². The monoisotopic (exact) mass is 691 g/mol. The van der Waals surface area contributed by atoms with Crippen molar-refractivity contribution in [2.75, 3.05) is 6.54 Å². The third-order valence-corrected chi connectivity index (χ3v) is 11.0. The van der Waals surface area contributed by atoms with Gasteiger partial charge in [0.1, 0.15) is 40.2 Å². The van der Waals surface area contributed by atoms with Gasteiger partial charge in [-0.1, -0.05) is 25.0 Å². The van der Waals surface area contributed by atoms with E-state index in [1.54, 1.807) is 24.0 Å². The number of carbonyl (C=O) groups excluding carboxylic acids is 3. The standard InChI is InChI=1S/C34H41N7O7S/c1-40-25(13-15-35-40)28-36-23-14-16-49-27(23)30(38-28)47-22-17-26-29(42)39-34(32(44)45)18-20(34)9-5-3-2-4-6-12-24(31(43)41(26)19-22)37-33(46)48-21-10-7-8-11-21/h5,9,13-16,20-22,24,26H,2-4,6-8,10-12,17-19H2,1H3,(H,37,46)(H,39,42)(H,44,45)/t20-,22-,24+,26+,34-/m1/s1. The van der Waals surface area contributed by atoms with Crippen molar-refractivity contribution >= 4 is 45.4 Å². The number of carboxylic acid groups (broad SMARTS) is 1. The second-order valence-electron chi connectivity index (χ2n) is 13.5. The predicted octanol–water partition coefficient (Wildman–Crippen LogP) is 3.96. The Bertz CT molecular complexity index is 1770. The van der Waals surface area contributed by atoms with E-state index in [9.17, 15) is 24.3 Å². The van der Waals surface area contributed by atoms with Crippen LogP contribution in [0.4, 0.5) is 4.79 Å². The zero-order valence-electron chi connectivity index (χ0n) is 27.4. The number of aromatic nitrogens is 4. The largest absolute Gasteiger partial charge is 0.479 e. The van der Waals surface area contributed by atoms with Crippen molar-refractivity contribution in [1.29, 1.82) is 0 Å². The molecule has 7 rings (SSSR count). The van der Waals surface area contributed by atoms with E-state index in [1.165, 1.54) is 16.2 Å². The highest BCUT2D eigenvalue weighted by atomic mass is 32.1. The van der Waals surface area contributed by atoms with Gasteiger partial charge in [-0.05, 0) is 68.9 Å². The van der Waals surface area contributed by atoms with Gasteiger partial charge in [-0.2, -0.15) is 10.1 Å². The third-order valence-electron chi connectivity index (χ3n) is 10.1. The molecule has 3 N–H and O–H groups in total. The normalized spacial score (nSPS) is 27.9. The van der Waals surface area contributed by atoms with Gasteiger partial charge in [-0.3, -0.25) is 14.3 Å². The summed E-state index contributed by atoms with van der Waals surface area (Å²) in [5.41, 5.74) is -0.0519. The molecule has 3 aromatic heterocycles. The van der Waals surface area contributed by atoms with Crippen molar-refractivity contribution < 1.29 is 33.8 Å². The zero-order chi connectivity index (χ0) is 34.1. The van der Waals surface area contributed by atoms with E-state index in [4.69, 9.17) is 14.5 Å². The lowest BCUT2D eigenvalue weighted by atomic mass is 10.0. The Labute approximate surface area is 287 Å². The molecular weight excluding hydrogens is 650 g/mol. The molecule has 2 aliphatic heterocycles. The average Bonchev–Trinajstić information content (AvgIpc) is 3.67. The molecule has 14 nitrogen and oxygen atoms in total. The molecule has 2 saturated carbocycles. The van der Waals surface area contributed by atoms with Crippen molar-refractivity contribution in [3.8, 4) is 17.4 Å². The molecule has 1 saturated heterocycles. The Kier molecular flexibility index (Phi) is 9.27. The van der Waals surface area contributed by atoms with Crippen LogP contribution in [0.5, 0.6) is 5.88 Å². The number of aliphatic carboxylic acids is 1. The molecule has 0 unspecified atom stereocenters. The van der Waals surface area contributed by atoms with Crippen molar-refractivity contribution in [3.63, 3.8) is 0 Å². The minimum Gasteiger partial charge on any atom is -0.479 e. The number of rotatable bonds is 6. The summed E-state index contributed by atoms with van der Waals surface area (Å²) in [6.07, 6.45) is 11.4. The molecule has 3 fully saturated rings. The Morgan fingerprint density at radius 3 is 2.67 bits per heavy atom. The highest BCUT2D eigenvalue weighted by molar-refractivity contribution is 7.17. The number of alkyl carbamates (subject to hydrolysis) is 1. The van der Waals surface area contributed by atoms with E-state index in [0.29, 0.717) is 35.8 Å². The number of aryl methyl sites for hydroxylation is 1. The highest BCUT2D eigenvalue weighted by Gasteiger charge is 2.61. The van der Waals surface area contributed by atoms with Crippen LogP contribution in [0.25, 0.3) is 21.7 Å². The summed E-state index contributed by atoms with van der Waals surface area (Å²) in [5, 5.41) is 21.9. The van der Waals surface area contributed by atoms with Crippen LogP contribution in [0.2, 0.25) is 0 Å². The molecule has 3 aromatic rings. The molecule has 3 amide bonds. The van der Waals surface area contributed by atoms with E-state index in [-0.39, 0.29) is 31.4 Å². The number of thiophene rings is 1. The molecule has 0 radical (unpaired) electrons. The second kappa shape index (κ2) is 13.8. The van der Waals surface area contributed by atoms with Crippen LogP contribution in [0.3, 0.4) is 0 Å². The maximum atomic E-state index is 14.4. The third kappa shape index (κ3) is 6.85. The summed E-state index contributed by atoms with van der Waals surface area (Å²) in [5.74, 6) is -1.71. The Morgan fingerprint density at radius 1 is 1.08 bits per heavy atom. The molecule has 5 heterocycles. The molecule has 5 atom stereocenters. The quantitative estimate of drug-likeness (QED) is 0.321. The van der Waals surface area contributed by atoms with Crippen LogP contribution in [0, 0.1) is 5.92 Å². The highest BCUT2D eigenvalue weighted by Crippen LogP contribution is 2.45. The Morgan fingerprint density at radius 2 is 1.90 bits per heavy atom. The fourth-order valence-electron chi connectivity index (χ4n) is 7.26. The van der Waals surface area contributed by atoms with Crippen LogP contribution < -0.4 is 15.4 Å². The first-order valence-electron chi connectivity index (χ1n) is 17.1. The van der Waals surface area contributed by atoms with Crippen LogP contribution in [-0.2, 0) is 26.2 Å². The van der Waals surface area contributed by atoms with Crippen LogP contribution in [0.15, 0.2) is 35.9 Å². The van der Waals surface area contributed by atoms with Crippen molar-refractivity contribution in [3.05, 3.63) is 35.9 Å². The number of hydrogen-bond acceptors (Lipinski definition) is 10. The predicted molar refractivity (Wildman–Crippen MR) is 179 cm³/mol. The molecule has 2 aliphatic carbocycles. The number of nitrogens with zero attached hydrogens (tertiary/aromatic N) is 5. The fourth-order valence-corrected chi connectivity index (χ4v) is 8.02. The first-order chi connectivity index (χ1) is 23.7. The van der Waals surface area contributed by atoms with Gasteiger partial charge in [0, 0.05) is 25.6 Å². The van der Waals surface area contributed by atoms with Crippen molar-refractivity contribution in [2.45, 2.75) is 100 Å². The van der Waals surface area contributed by atoms with E-state index in [2.05, 4.69) is 20.7 Å². The lowest BCUT2D eigenvalue weighted by Gasteiger charge is -2.29. The van der Waals surface area contributed by atoms with Crippen molar-refractivity contribution in [1.82, 2.24) is 35.3 Å². The lowest BCUT2D eigenvalue weighted by Crippen LogP contribution is -2.56. The first kappa shape index (κ1) is 33.0. The second-order valence-corrected chi connectivity index (χ2v) is 14.4. The van der Waals surface area contributed by atoms with E-state index >= 15 is 0 Å². The molecule has 0 aromatic carbocycles. The maximum absolute atomic E-state index is 14.4. The topological polar surface area (TPSA) is 178 Å². The first-order valence-corrected chi connectivity index (χ1v) is 18.0. The van der Waals surface area contributed by atoms with Crippen LogP contribution >= 0.6 is 11.3 Å². The number of fused-ring (bicyclic) bond motifs is 3. The molecule has 15 heteroatoms. The van der Waals surface area contributed by atoms with Gasteiger partial charge in [-0.15, -0.1) is 11.3 Å². The molecule has 0 bridgehead atoms. The Hall–Kier alpha value is -4.53. The van der Waals surface area contributed by atoms with Crippen LogP contribution in [-0.4, -0.2) is 90.0 Å². The van der Waals surface area contributed by atoms with Gasteiger partial charge >= 0.3 is 12.1 Å². The summed E-state index contributed by atoms with van der Waals surface area (Å²) in [7, 11) is 1.79. The summed E-state index contributed by atoms with van der Waals surface area (Å²) in [6.45, 7) is 0.0358. The van der Waals surface area contributed by atoms with Crippen molar-refractivity contribution in [2.24, 2.45) is 13.0 Å². The Balaban J connectivity index is 1.18. The maximum Gasteiger partial charge on any atom is 0.408 e. The summed E-state index contributed by atoms with van der Waals surface area (Å²) < 4.78 is 14.5. The van der Waals surface area contributed by atoms with Gasteiger partial charge in [0.15, 0.2) is 5.82 Å². The van der Waals surface area contributed by atoms with Gasteiger partial charge < -0.3 is 30.1 Å². The van der Waals surface area contributed by atoms with Gasteiger partial charge in [0.05, 0.1) is 12.1 Å². The summed E-state index contributed by atoms with van der Waals surface area (Å²) >= 11 is 1.42. The molecule has 49 heavy (non-hydrogen) atoms. The minimum atomic E-state index is -1.43. The molecule has 4 aliphatic rings. The number of carboxylic acids is 1. The van der Waals surface area contributed by atoms with Gasteiger partial charge in [0.25, 0.3) is 0 Å². The number of carbonyl (C=O) groups is 4. The molecular formula is C34H41N7O7S. The number of allylic oxidation sites excluding steroid dienone is 1. The number of amides is 3. The lowest BCUT2D eigenvalue weighted by molar-refractivity contribution is -0.145. The van der Waals surface area contributed by atoms with Crippen LogP contribution in [0.1, 0.15) is 70.6 Å². The minimum absolute atomic E-state index is 0.0358. The summed E-state index contributed by atoms with van der Waals surface area (Å²) in [6, 6.07) is 1.72. The smallest absolute Gasteiger partial charge is 0.408 e. The zero-order valence-corrected chi connectivity index (χ0v) is 28.2. The van der Waals surface area contributed by atoms with E-state index in [1.807, 2.05) is 23.6 Å². The van der Waals surface area contributed by atoms with E-state index in [0.717, 1.165) is 49.6 Å². The summed E-state index contributed by atoms with van der Waals surface area (Å²) in [4.78, 5) is 64.7. The number of hydrogen-bond donors (Lipinski definition) is 3. The fraction of sp³-hybridized carbons (Fsp3) is 0.559.